The summed E-state index contributed by atoms with van der Waals surface area (Å²) in [5.41, 5.74) is 2.23. The summed E-state index contributed by atoms with van der Waals surface area (Å²) in [4.78, 5) is 0. The van der Waals surface area contributed by atoms with Crippen molar-refractivity contribution >= 4 is 0 Å². The van der Waals surface area contributed by atoms with Crippen molar-refractivity contribution in [3.63, 3.8) is 0 Å². The van der Waals surface area contributed by atoms with Gasteiger partial charge in [-0.05, 0) is 55.5 Å². The largest absolute Gasteiger partial charge is 0.496 e. The molecule has 0 spiro atoms. The molecule has 1 saturated carbocycles. The molecule has 0 heterocycles. The minimum Gasteiger partial charge on any atom is -0.496 e. The van der Waals surface area contributed by atoms with Gasteiger partial charge in [0, 0.05) is 7.11 Å². The molecule has 0 saturated heterocycles. The van der Waals surface area contributed by atoms with Crippen LogP contribution in [0.2, 0.25) is 0 Å². The average molecular weight is 264 g/mol. The molecule has 1 aliphatic carbocycles. The molecule has 0 aliphatic heterocycles. The normalized spacial score (nSPS) is 27.3. The molecular weight excluding hydrogens is 240 g/mol. The van der Waals surface area contributed by atoms with Crippen LogP contribution >= 0.6 is 0 Å². The van der Waals surface area contributed by atoms with Crippen molar-refractivity contribution in [2.75, 3.05) is 14.2 Å². The fourth-order valence-corrected chi connectivity index (χ4v) is 3.22. The second-order valence-electron chi connectivity index (χ2n) is 5.53. The first kappa shape index (κ1) is 14.4. The quantitative estimate of drug-likeness (QED) is 0.911. The lowest BCUT2D eigenvalue weighted by Gasteiger charge is -2.40. The molecule has 0 amide bonds. The number of aliphatic hydroxyl groups is 1. The molecule has 2 unspecified atom stereocenters. The van der Waals surface area contributed by atoms with Crippen molar-refractivity contribution in [1.29, 1.82) is 0 Å². The minimum absolute atomic E-state index is 0.118. The lowest BCUT2D eigenvalue weighted by atomic mass is 9.75. The number of hydrogen-bond acceptors (Lipinski definition) is 3. The summed E-state index contributed by atoms with van der Waals surface area (Å²) in [5, 5.41) is 11.1. The first-order chi connectivity index (χ1) is 9.02. The van der Waals surface area contributed by atoms with Crippen molar-refractivity contribution in [3.05, 3.63) is 28.8 Å². The predicted octanol–water partition coefficient (Wildman–Crippen LogP) is 3.09. The molecule has 1 aliphatic rings. The van der Waals surface area contributed by atoms with Gasteiger partial charge in [-0.25, -0.2) is 0 Å². The molecule has 0 radical (unpaired) electrons. The minimum atomic E-state index is -0.867. The van der Waals surface area contributed by atoms with Gasteiger partial charge in [-0.15, -0.1) is 0 Å². The fraction of sp³-hybridized carbons (Fsp3) is 0.625. The van der Waals surface area contributed by atoms with Crippen LogP contribution in [0.15, 0.2) is 12.1 Å². The summed E-state index contributed by atoms with van der Waals surface area (Å²) in [7, 11) is 3.36. The summed E-state index contributed by atoms with van der Waals surface area (Å²) in [6.45, 7) is 4.03. The zero-order valence-electron chi connectivity index (χ0n) is 12.3. The van der Waals surface area contributed by atoms with E-state index < -0.39 is 5.60 Å². The van der Waals surface area contributed by atoms with Crippen molar-refractivity contribution in [1.82, 2.24) is 0 Å². The van der Waals surface area contributed by atoms with Crippen LogP contribution in [0.3, 0.4) is 0 Å². The van der Waals surface area contributed by atoms with Gasteiger partial charge in [0.05, 0.1) is 13.2 Å². The van der Waals surface area contributed by atoms with Gasteiger partial charge < -0.3 is 14.6 Å². The van der Waals surface area contributed by atoms with Gasteiger partial charge in [0.2, 0.25) is 0 Å². The molecule has 106 valence electrons. The summed E-state index contributed by atoms with van der Waals surface area (Å²) >= 11 is 0. The maximum atomic E-state index is 11.1. The smallest absolute Gasteiger partial charge is 0.122 e. The molecule has 3 heteroatoms. The zero-order valence-corrected chi connectivity index (χ0v) is 12.3. The SMILES string of the molecule is COc1cc(C)c(C2(O)CCCCC2OC)cc1C. The first-order valence-corrected chi connectivity index (χ1v) is 6.94. The second kappa shape index (κ2) is 5.51. The van der Waals surface area contributed by atoms with E-state index in [9.17, 15) is 5.11 Å². The van der Waals surface area contributed by atoms with E-state index in [0.29, 0.717) is 0 Å². The lowest BCUT2D eigenvalue weighted by molar-refractivity contribution is -0.123. The molecule has 2 atom stereocenters. The highest BCUT2D eigenvalue weighted by atomic mass is 16.5. The Bertz CT molecular complexity index is 456. The van der Waals surface area contributed by atoms with E-state index in [-0.39, 0.29) is 6.10 Å². The van der Waals surface area contributed by atoms with Gasteiger partial charge in [0.25, 0.3) is 0 Å². The Morgan fingerprint density at radius 3 is 2.53 bits per heavy atom. The number of benzene rings is 1. The van der Waals surface area contributed by atoms with Crippen molar-refractivity contribution in [2.24, 2.45) is 0 Å². The van der Waals surface area contributed by atoms with E-state index >= 15 is 0 Å². The molecule has 0 aromatic heterocycles. The van der Waals surface area contributed by atoms with E-state index in [1.165, 1.54) is 0 Å². The molecule has 1 aromatic rings. The molecule has 3 nitrogen and oxygen atoms in total. The maximum absolute atomic E-state index is 11.1. The lowest BCUT2D eigenvalue weighted by Crippen LogP contribution is -2.43. The van der Waals surface area contributed by atoms with Gasteiger partial charge in [-0.1, -0.05) is 12.8 Å². The topological polar surface area (TPSA) is 38.7 Å². The number of ether oxygens (including phenoxy) is 2. The van der Waals surface area contributed by atoms with Crippen molar-refractivity contribution in [3.8, 4) is 5.75 Å². The van der Waals surface area contributed by atoms with Crippen LogP contribution in [0.5, 0.6) is 5.75 Å². The van der Waals surface area contributed by atoms with E-state index in [2.05, 4.69) is 0 Å². The van der Waals surface area contributed by atoms with Gasteiger partial charge in [0.1, 0.15) is 11.4 Å². The number of aryl methyl sites for hydroxylation is 2. The maximum Gasteiger partial charge on any atom is 0.122 e. The van der Waals surface area contributed by atoms with E-state index in [4.69, 9.17) is 9.47 Å². The van der Waals surface area contributed by atoms with Crippen molar-refractivity contribution < 1.29 is 14.6 Å². The van der Waals surface area contributed by atoms with Crippen LogP contribution in [-0.4, -0.2) is 25.4 Å². The van der Waals surface area contributed by atoms with Crippen LogP contribution in [0.1, 0.15) is 42.4 Å². The molecule has 1 N–H and O–H groups in total. The van der Waals surface area contributed by atoms with Crippen LogP contribution in [0.4, 0.5) is 0 Å². The number of rotatable bonds is 3. The predicted molar refractivity (Wildman–Crippen MR) is 75.6 cm³/mol. The highest BCUT2D eigenvalue weighted by Crippen LogP contribution is 2.41. The van der Waals surface area contributed by atoms with Crippen LogP contribution in [-0.2, 0) is 10.3 Å². The molecule has 1 fully saturated rings. The molecular formula is C16H24O3. The average Bonchev–Trinajstić information content (AvgIpc) is 2.41. The Balaban J connectivity index is 2.47. The monoisotopic (exact) mass is 264 g/mol. The summed E-state index contributed by atoms with van der Waals surface area (Å²) in [5.74, 6) is 0.870. The highest BCUT2D eigenvalue weighted by Gasteiger charge is 2.41. The van der Waals surface area contributed by atoms with Gasteiger partial charge in [-0.2, -0.15) is 0 Å². The Morgan fingerprint density at radius 1 is 1.16 bits per heavy atom. The fourth-order valence-electron chi connectivity index (χ4n) is 3.22. The Hall–Kier alpha value is -1.06. The zero-order chi connectivity index (χ0) is 14.0. The summed E-state index contributed by atoms with van der Waals surface area (Å²) < 4.78 is 10.9. The van der Waals surface area contributed by atoms with E-state index in [0.717, 1.165) is 48.1 Å². The third-order valence-corrected chi connectivity index (χ3v) is 4.30. The van der Waals surface area contributed by atoms with Crippen LogP contribution < -0.4 is 4.74 Å². The highest BCUT2D eigenvalue weighted by molar-refractivity contribution is 5.44. The van der Waals surface area contributed by atoms with E-state index in [1.54, 1.807) is 14.2 Å². The standard InChI is InChI=1S/C16H24O3/c1-11-10-14(18-3)12(2)9-13(11)16(17)8-6-5-7-15(16)19-4/h9-10,15,17H,5-8H2,1-4H3. The second-order valence-corrected chi connectivity index (χ2v) is 5.53. The molecule has 19 heavy (non-hydrogen) atoms. The molecule has 1 aromatic carbocycles. The van der Waals surface area contributed by atoms with Crippen molar-refractivity contribution in [2.45, 2.75) is 51.2 Å². The Morgan fingerprint density at radius 2 is 1.89 bits per heavy atom. The number of hydrogen-bond donors (Lipinski definition) is 1. The third kappa shape index (κ3) is 2.49. The van der Waals surface area contributed by atoms with Gasteiger partial charge in [-0.3, -0.25) is 0 Å². The van der Waals surface area contributed by atoms with E-state index in [1.807, 2.05) is 26.0 Å². The summed E-state index contributed by atoms with van der Waals surface area (Å²) in [6.07, 6.45) is 3.72. The Kier molecular flexibility index (Phi) is 4.16. The van der Waals surface area contributed by atoms with Gasteiger partial charge in [0.15, 0.2) is 0 Å². The van der Waals surface area contributed by atoms with Gasteiger partial charge >= 0.3 is 0 Å². The number of methoxy groups -OCH3 is 2. The Labute approximate surface area is 115 Å². The molecule has 0 bridgehead atoms. The summed E-state index contributed by atoms with van der Waals surface area (Å²) in [6, 6.07) is 4.05. The molecule has 2 rings (SSSR count). The third-order valence-electron chi connectivity index (χ3n) is 4.30. The van der Waals surface area contributed by atoms with Crippen LogP contribution in [0.25, 0.3) is 0 Å². The first-order valence-electron chi connectivity index (χ1n) is 6.94. The van der Waals surface area contributed by atoms with Crippen LogP contribution in [0, 0.1) is 13.8 Å².